The van der Waals surface area contributed by atoms with Crippen molar-refractivity contribution < 1.29 is 0 Å². The highest BCUT2D eigenvalue weighted by Gasteiger charge is 2.66. The molecule has 0 nitrogen and oxygen atoms in total. The lowest BCUT2D eigenvalue weighted by Gasteiger charge is -2.38. The Morgan fingerprint density at radius 1 is 0.867 bits per heavy atom. The maximum atomic E-state index is 6.78. The van der Waals surface area contributed by atoms with Crippen LogP contribution in [0, 0.1) is 0 Å². The molecule has 1 atom stereocenters. The minimum atomic E-state index is -2.80. The van der Waals surface area contributed by atoms with E-state index < -0.39 is 17.2 Å². The summed E-state index contributed by atoms with van der Waals surface area (Å²) < 4.78 is 0. The standard InChI is InChI=1S/C2H12Cl6Si7/c3-13(4,5)15(8)12-10-2-1-9-11-14(15,6)7/h1-2,9-12H2. The molecule has 0 aromatic carbocycles. The van der Waals surface area contributed by atoms with Gasteiger partial charge in [0.2, 0.25) is 11.7 Å². The first-order valence-electron chi connectivity index (χ1n) is 4.84. The molecule has 1 rings (SSSR count). The fraction of sp³-hybridized carbons (Fsp3) is 1.00. The largest absolute Gasteiger partial charge is 0.338 e. The van der Waals surface area contributed by atoms with E-state index in [1.807, 2.05) is 0 Å². The van der Waals surface area contributed by atoms with E-state index in [1.165, 1.54) is 12.1 Å². The van der Waals surface area contributed by atoms with E-state index >= 15 is 0 Å². The van der Waals surface area contributed by atoms with Gasteiger partial charge < -0.3 is 0 Å². The lowest BCUT2D eigenvalue weighted by Crippen LogP contribution is -2.73. The zero-order chi connectivity index (χ0) is 11.7. The number of hydrogen-bond acceptors (Lipinski definition) is 0. The van der Waals surface area contributed by atoms with E-state index in [2.05, 4.69) is 0 Å². The quantitative estimate of drug-likeness (QED) is 0.401. The van der Waals surface area contributed by atoms with Crippen LogP contribution < -0.4 is 0 Å². The summed E-state index contributed by atoms with van der Waals surface area (Å²) in [6, 6.07) is 2.91. The van der Waals surface area contributed by atoms with Gasteiger partial charge in [0.05, 0.1) is 0 Å². The van der Waals surface area contributed by atoms with Crippen LogP contribution in [-0.4, -0.2) is 52.4 Å². The molecular weight excluding hydrogens is 433 g/mol. The Kier molecular flexibility index (Phi) is 6.68. The van der Waals surface area contributed by atoms with Crippen LogP contribution >= 0.6 is 66.5 Å². The topological polar surface area (TPSA) is 0 Å². The van der Waals surface area contributed by atoms with Gasteiger partial charge in [-0.1, -0.05) is 12.1 Å². The van der Waals surface area contributed by atoms with E-state index in [1.54, 1.807) is 0 Å². The Morgan fingerprint density at radius 2 is 1.33 bits per heavy atom. The normalized spacial score (nSPS) is 39.6. The fourth-order valence-corrected chi connectivity index (χ4v) is 231. The Balaban J connectivity index is 2.97. The summed E-state index contributed by atoms with van der Waals surface area (Å²) in [5, 5.41) is 0. The van der Waals surface area contributed by atoms with Crippen LogP contribution in [0.4, 0.5) is 0 Å². The second kappa shape index (κ2) is 6.14. The second-order valence-corrected chi connectivity index (χ2v) is 76.1. The zero-order valence-corrected chi connectivity index (χ0v) is 21.2. The van der Waals surface area contributed by atoms with Crippen molar-refractivity contribution in [2.24, 2.45) is 0 Å². The first kappa shape index (κ1) is 16.3. The van der Waals surface area contributed by atoms with Gasteiger partial charge in [0.25, 0.3) is 0 Å². The molecule has 0 amide bonds. The summed E-state index contributed by atoms with van der Waals surface area (Å²) >= 11 is 38.7. The minimum Gasteiger partial charge on any atom is -0.171 e. The third-order valence-corrected chi connectivity index (χ3v) is 153. The van der Waals surface area contributed by atoms with Gasteiger partial charge in [-0.25, -0.2) is 0 Å². The Labute approximate surface area is 129 Å². The van der Waals surface area contributed by atoms with Crippen LogP contribution in [-0.2, 0) is 0 Å². The van der Waals surface area contributed by atoms with Crippen LogP contribution in [0.3, 0.4) is 0 Å². The molecule has 1 heterocycles. The predicted octanol–water partition coefficient (Wildman–Crippen LogP) is 0.251. The van der Waals surface area contributed by atoms with Crippen molar-refractivity contribution in [3.8, 4) is 0 Å². The van der Waals surface area contributed by atoms with Crippen molar-refractivity contribution >= 4 is 119 Å². The molecule has 0 aliphatic carbocycles. The van der Waals surface area contributed by atoms with Crippen molar-refractivity contribution in [2.75, 3.05) is 0 Å². The summed E-state index contributed by atoms with van der Waals surface area (Å²) in [6.45, 7) is 0. The monoisotopic (exact) mass is 442 g/mol. The van der Waals surface area contributed by atoms with E-state index in [0.717, 1.165) is 0 Å². The number of hydrogen-bond donors (Lipinski definition) is 0. The summed E-state index contributed by atoms with van der Waals surface area (Å²) in [7, 11) is -0.721. The molecule has 0 aromatic heterocycles. The highest BCUT2D eigenvalue weighted by atomic mass is 35.9. The molecule has 90 valence electrons. The average Bonchev–Trinajstić information content (AvgIpc) is 2.06. The van der Waals surface area contributed by atoms with Gasteiger partial charge >= 0.3 is 5.52 Å². The van der Waals surface area contributed by atoms with Crippen molar-refractivity contribution in [2.45, 2.75) is 12.1 Å². The van der Waals surface area contributed by atoms with Gasteiger partial charge in [-0.2, -0.15) is 33.2 Å². The predicted molar refractivity (Wildman–Crippen MR) is 96.2 cm³/mol. The maximum Gasteiger partial charge on any atom is 0.338 e. The third kappa shape index (κ3) is 3.86. The molecule has 1 aliphatic rings. The fourth-order valence-electron chi connectivity index (χ4n) is 1.80. The van der Waals surface area contributed by atoms with Crippen molar-refractivity contribution in [3.63, 3.8) is 0 Å². The van der Waals surface area contributed by atoms with E-state index in [0.29, 0.717) is 0 Å². The summed E-state index contributed by atoms with van der Waals surface area (Å²) in [5.41, 5.74) is -5.05. The van der Waals surface area contributed by atoms with Crippen LogP contribution in [0.2, 0.25) is 12.1 Å². The van der Waals surface area contributed by atoms with Crippen molar-refractivity contribution in [1.29, 1.82) is 0 Å². The Bertz CT molecular complexity index is 228. The van der Waals surface area contributed by atoms with Crippen LogP contribution in [0.15, 0.2) is 0 Å². The lowest BCUT2D eigenvalue weighted by molar-refractivity contribution is 1.45. The zero-order valence-electron chi connectivity index (χ0n) is 8.01. The lowest BCUT2D eigenvalue weighted by atomic mass is 11.0. The molecule has 13 heteroatoms. The Hall–Kier alpha value is 3.26. The smallest absolute Gasteiger partial charge is 0.171 e. The summed E-state index contributed by atoms with van der Waals surface area (Å²) in [4.78, 5) is 0. The van der Waals surface area contributed by atoms with E-state index in [-0.39, 0.29) is 35.2 Å². The number of rotatable bonds is 1. The molecule has 1 unspecified atom stereocenters. The molecule has 1 fully saturated rings. The first-order valence-corrected chi connectivity index (χ1v) is 33.6. The molecule has 0 aromatic rings. The molecule has 0 bridgehead atoms. The van der Waals surface area contributed by atoms with Crippen LogP contribution in [0.1, 0.15) is 0 Å². The molecule has 1 saturated heterocycles. The molecular formula is C2H12Cl6Si7. The van der Waals surface area contributed by atoms with Gasteiger partial charge in [0.15, 0.2) is 0 Å². The molecule has 0 N–H and O–H groups in total. The maximum absolute atomic E-state index is 6.78. The molecule has 0 radical (unpaired) electrons. The highest BCUT2D eigenvalue weighted by Crippen LogP contribution is 2.42. The van der Waals surface area contributed by atoms with Gasteiger partial charge in [-0.3, -0.25) is 0 Å². The molecule has 1 aliphatic heterocycles. The van der Waals surface area contributed by atoms with Gasteiger partial charge in [-0.15, -0.1) is 33.2 Å². The van der Waals surface area contributed by atoms with E-state index in [9.17, 15) is 0 Å². The van der Waals surface area contributed by atoms with Gasteiger partial charge in [-0.05, 0) is 0 Å². The molecule has 0 spiro atoms. The van der Waals surface area contributed by atoms with Gasteiger partial charge in [0.1, 0.15) is 0 Å². The number of halogens is 6. The van der Waals surface area contributed by atoms with Crippen molar-refractivity contribution in [3.05, 3.63) is 0 Å². The molecule has 15 heavy (non-hydrogen) atoms. The van der Waals surface area contributed by atoms with Gasteiger partial charge in [0, 0.05) is 35.2 Å². The Morgan fingerprint density at radius 3 is 1.80 bits per heavy atom. The molecule has 0 saturated carbocycles. The van der Waals surface area contributed by atoms with E-state index in [4.69, 9.17) is 66.5 Å². The first-order chi connectivity index (χ1) is 6.71. The third-order valence-electron chi connectivity index (χ3n) is 2.79. The summed E-state index contributed by atoms with van der Waals surface area (Å²) in [6.07, 6.45) is 0. The average molecular weight is 445 g/mol. The van der Waals surface area contributed by atoms with Crippen LogP contribution in [0.25, 0.3) is 0 Å². The van der Waals surface area contributed by atoms with Crippen LogP contribution in [0.5, 0.6) is 0 Å². The van der Waals surface area contributed by atoms with Crippen molar-refractivity contribution in [1.82, 2.24) is 0 Å². The minimum absolute atomic E-state index is 0.0108. The highest BCUT2D eigenvalue weighted by molar-refractivity contribution is 8.27. The summed E-state index contributed by atoms with van der Waals surface area (Å²) in [5.74, 6) is -2.27. The second-order valence-electron chi connectivity index (χ2n) is 3.92. The SMILES string of the molecule is Cl[Si](Cl)(Cl)[Si]1(Cl)[SiH2][SiH2]CC[SiH2][SiH2][Si]1(Cl)Cl.